The van der Waals surface area contributed by atoms with Crippen LogP contribution >= 0.6 is 12.8 Å². The van der Waals surface area contributed by atoms with Gasteiger partial charge in [0.1, 0.15) is 5.71 Å². The lowest BCUT2D eigenvalue weighted by Gasteiger charge is -2.37. The molecule has 0 amide bonds. The Labute approximate surface area is 506 Å². The van der Waals surface area contributed by atoms with Crippen LogP contribution in [0.2, 0.25) is 0 Å². The van der Waals surface area contributed by atoms with Crippen LogP contribution in [-0.4, -0.2) is 16.0 Å². The van der Waals surface area contributed by atoms with Crippen molar-refractivity contribution < 1.29 is 0 Å². The fourth-order valence-corrected chi connectivity index (χ4v) is 13.0. The molecule has 0 aliphatic heterocycles. The van der Waals surface area contributed by atoms with Crippen molar-refractivity contribution in [2.24, 2.45) is 21.9 Å². The lowest BCUT2D eigenvalue weighted by atomic mass is 9.65. The summed E-state index contributed by atoms with van der Waals surface area (Å²) in [5, 5.41) is 19.2. The molecule has 14 rings (SSSR count). The van der Waals surface area contributed by atoms with Crippen molar-refractivity contribution in [3.63, 3.8) is 0 Å². The van der Waals surface area contributed by atoms with Gasteiger partial charge < -0.3 is 31.3 Å². The first-order valence-electron chi connectivity index (χ1n) is 29.0. The predicted octanol–water partition coefficient (Wildman–Crippen LogP) is 17.0. The predicted molar refractivity (Wildman–Crippen MR) is 362 cm³/mol. The fraction of sp³-hybridized carbons (Fsp3) is 0.0526. The molecule has 3 aliphatic rings. The number of rotatable bonds is 16. The molecule has 416 valence electrons. The molecule has 2 atom stereocenters. The number of fused-ring (bicyclic) bond motifs is 7. The summed E-state index contributed by atoms with van der Waals surface area (Å²) in [5.74, 6) is 7.10. The molecule has 8 N–H and O–H groups in total. The Bertz CT molecular complexity index is 4430. The van der Waals surface area contributed by atoms with Crippen molar-refractivity contribution in [1.29, 1.82) is 5.41 Å². The van der Waals surface area contributed by atoms with Gasteiger partial charge in [-0.3, -0.25) is 11.3 Å². The second-order valence-electron chi connectivity index (χ2n) is 22.0. The molecule has 3 aliphatic carbocycles. The molecule has 1 heterocycles. The molecule has 2 unspecified atom stereocenters. The van der Waals surface area contributed by atoms with Crippen molar-refractivity contribution in [1.82, 2.24) is 9.99 Å². The van der Waals surface area contributed by atoms with E-state index in [4.69, 9.17) is 11.6 Å². The first-order valence-corrected chi connectivity index (χ1v) is 29.4. The Kier molecular flexibility index (Phi) is 14.2. The zero-order valence-electron chi connectivity index (χ0n) is 47.0. The number of hydrogen-bond acceptors (Lipinski definition) is 9. The van der Waals surface area contributed by atoms with Crippen LogP contribution in [0.3, 0.4) is 0 Å². The SMILES string of the molecule is N=C1C(c2ccc3c4ccc5c(c4n(-c4ccc(C(c6ccccc6)(c6ccccc6)c6ccccc6)cc4)c3c2)C=CC2CC52)=CC=C(N(c2ccc(N/C=C(\N)c3ccccc3)cc2)c2ccc(N/C=C(\NN)c3ccccc3)cc2)C1=NS. The molecule has 0 saturated heterocycles. The average molecular weight is 1130 g/mol. The van der Waals surface area contributed by atoms with E-state index in [0.29, 0.717) is 28.9 Å². The van der Waals surface area contributed by atoms with Crippen LogP contribution < -0.4 is 32.5 Å². The molecule has 9 nitrogen and oxygen atoms in total. The van der Waals surface area contributed by atoms with Crippen LogP contribution in [-0.2, 0) is 5.41 Å². The minimum atomic E-state index is -0.592. The number of nitrogens with two attached hydrogens (primary N) is 2. The van der Waals surface area contributed by atoms with Gasteiger partial charge in [0.25, 0.3) is 0 Å². The summed E-state index contributed by atoms with van der Waals surface area (Å²) in [5.41, 5.74) is 29.1. The fourth-order valence-electron chi connectivity index (χ4n) is 12.8. The molecule has 0 radical (unpaired) electrons. The topological polar surface area (TPSA) is 133 Å². The monoisotopic (exact) mass is 1130 g/mol. The molecule has 0 bridgehead atoms. The molecule has 11 aromatic rings. The number of nitrogens with zero attached hydrogens (tertiary/aromatic N) is 3. The van der Waals surface area contributed by atoms with Crippen molar-refractivity contribution in [3.05, 3.63) is 341 Å². The minimum absolute atomic E-state index is 0.249. The van der Waals surface area contributed by atoms with Gasteiger partial charge in [-0.05, 0) is 149 Å². The summed E-state index contributed by atoms with van der Waals surface area (Å²) >= 11 is 4.64. The summed E-state index contributed by atoms with van der Waals surface area (Å²) in [6.07, 6.45) is 13.7. The zero-order chi connectivity index (χ0) is 58.1. The smallest absolute Gasteiger partial charge is 0.121 e. The normalized spacial score (nSPS) is 16.1. The standard InChI is InChI=1S/C76H61N9S/c77-69(50-16-6-1-7-17-50)48-80-58-30-36-60(37-31-58)84(61-38-32-59(33-39-61)81-49-70(82-79)51-18-8-2-9-19-51)71-45-44-63(73(78)74(71)83-86)53-26-40-65-67-43-42-64-66(41-27-52-46-68(52)64)75(67)85(72(65)47-53)62-34-28-57(29-35-62)76(54-20-10-3-11-21-54,55-22-12-4-13-23-55)56-24-14-5-15-25-56/h1-45,47-49,52,68,78,80-82,86H,46,77,79H2/b69-48-,70-49-,78-73?,83-74?. The van der Waals surface area contributed by atoms with Crippen LogP contribution in [0, 0.1) is 11.3 Å². The third-order valence-electron chi connectivity index (χ3n) is 17.1. The van der Waals surface area contributed by atoms with Crippen LogP contribution in [0.15, 0.2) is 296 Å². The van der Waals surface area contributed by atoms with Crippen LogP contribution in [0.1, 0.15) is 62.4 Å². The molecule has 86 heavy (non-hydrogen) atoms. The van der Waals surface area contributed by atoms with Gasteiger partial charge >= 0.3 is 0 Å². The molecular formula is C76H61N9S. The van der Waals surface area contributed by atoms with Gasteiger partial charge in [-0.2, -0.15) is 0 Å². The number of thiol groups is 1. The minimum Gasteiger partial charge on any atom is -0.397 e. The highest BCUT2D eigenvalue weighted by Crippen LogP contribution is 2.55. The quantitative estimate of drug-likeness (QED) is 0.0170. The maximum atomic E-state index is 10.1. The lowest BCUT2D eigenvalue weighted by molar-refractivity contribution is 0.745. The van der Waals surface area contributed by atoms with Crippen LogP contribution in [0.5, 0.6) is 0 Å². The third kappa shape index (κ3) is 9.66. The molecule has 0 spiro atoms. The maximum Gasteiger partial charge on any atom is 0.121 e. The Morgan fingerprint density at radius 3 is 1.70 bits per heavy atom. The van der Waals surface area contributed by atoms with E-state index in [-0.39, 0.29) is 5.71 Å². The van der Waals surface area contributed by atoms with Gasteiger partial charge in [-0.15, -0.1) is 0 Å². The number of benzene rings is 10. The first kappa shape index (κ1) is 53.4. The molecule has 1 saturated carbocycles. The maximum absolute atomic E-state index is 10.1. The molecule has 10 heteroatoms. The number of hydrogen-bond donors (Lipinski definition) is 7. The number of anilines is 4. The van der Waals surface area contributed by atoms with Crippen LogP contribution in [0.4, 0.5) is 22.7 Å². The first-order chi connectivity index (χ1) is 42.4. The molecule has 1 fully saturated rings. The van der Waals surface area contributed by atoms with Gasteiger partial charge in [0.15, 0.2) is 0 Å². The Morgan fingerprint density at radius 2 is 1.13 bits per heavy atom. The van der Waals surface area contributed by atoms with Gasteiger partial charge in [0.05, 0.1) is 39.3 Å². The van der Waals surface area contributed by atoms with Gasteiger partial charge in [-0.25, -0.2) is 4.40 Å². The highest BCUT2D eigenvalue weighted by Gasteiger charge is 2.41. The van der Waals surface area contributed by atoms with E-state index in [9.17, 15) is 5.41 Å². The molecular weight excluding hydrogens is 1070 g/mol. The summed E-state index contributed by atoms with van der Waals surface area (Å²) in [4.78, 5) is 2.11. The Morgan fingerprint density at radius 1 is 0.593 bits per heavy atom. The largest absolute Gasteiger partial charge is 0.397 e. The highest BCUT2D eigenvalue weighted by atomic mass is 32.1. The van der Waals surface area contributed by atoms with E-state index >= 15 is 0 Å². The van der Waals surface area contributed by atoms with Gasteiger partial charge in [-0.1, -0.05) is 200 Å². The number of hydrazine groups is 1. The highest BCUT2D eigenvalue weighted by molar-refractivity contribution is 7.79. The lowest BCUT2D eigenvalue weighted by Crippen LogP contribution is -2.31. The van der Waals surface area contributed by atoms with E-state index in [1.54, 1.807) is 0 Å². The van der Waals surface area contributed by atoms with E-state index in [2.05, 4.69) is 207 Å². The summed E-state index contributed by atoms with van der Waals surface area (Å²) < 4.78 is 7.08. The number of allylic oxidation sites excluding steroid dienone is 5. The van der Waals surface area contributed by atoms with Gasteiger partial charge in [0.2, 0.25) is 0 Å². The number of nitrogens with one attached hydrogen (secondary N) is 4. The van der Waals surface area contributed by atoms with E-state index in [1.807, 2.05) is 128 Å². The van der Waals surface area contributed by atoms with Crippen LogP contribution in [0.25, 0.3) is 50.5 Å². The van der Waals surface area contributed by atoms with E-state index in [1.165, 1.54) is 50.7 Å². The Hall–Kier alpha value is -10.7. The second kappa shape index (κ2) is 22.8. The second-order valence-corrected chi connectivity index (χ2v) is 22.2. The third-order valence-corrected chi connectivity index (χ3v) is 17.3. The van der Waals surface area contributed by atoms with E-state index < -0.39 is 5.41 Å². The average Bonchev–Trinajstić information content (AvgIpc) is 1.54. The summed E-state index contributed by atoms with van der Waals surface area (Å²) in [6.45, 7) is 0. The van der Waals surface area contributed by atoms with Crippen molar-refractivity contribution in [3.8, 4) is 5.69 Å². The Balaban J connectivity index is 0.875. The zero-order valence-corrected chi connectivity index (χ0v) is 47.9. The summed E-state index contributed by atoms with van der Waals surface area (Å²) in [7, 11) is 0. The molecule has 1 aromatic heterocycles. The molecule has 10 aromatic carbocycles. The number of aromatic nitrogens is 1. The van der Waals surface area contributed by atoms with Crippen molar-refractivity contribution >= 4 is 91.8 Å². The van der Waals surface area contributed by atoms with Gasteiger partial charge in [0, 0.05) is 68.3 Å². The van der Waals surface area contributed by atoms with Crippen molar-refractivity contribution in [2.45, 2.75) is 17.8 Å². The summed E-state index contributed by atoms with van der Waals surface area (Å²) in [6, 6.07) is 89.2. The van der Waals surface area contributed by atoms with E-state index in [0.717, 1.165) is 67.3 Å². The van der Waals surface area contributed by atoms with Crippen molar-refractivity contribution in [2.75, 3.05) is 15.5 Å².